The number of nitrogens with zero attached hydrogens (tertiary/aromatic N) is 1. The number of hydrogen-bond acceptors (Lipinski definition) is 2. The first-order chi connectivity index (χ1) is 9.82. The molecule has 0 aliphatic carbocycles. The zero-order valence-corrected chi connectivity index (χ0v) is 10.9. The molecule has 10 heteroatoms. The van der Waals surface area contributed by atoms with E-state index in [1.807, 2.05) is 0 Å². The average molecular weight is 329 g/mol. The molecular weight excluding hydrogens is 320 g/mol. The van der Waals surface area contributed by atoms with Crippen LogP contribution in [0.3, 0.4) is 0 Å². The summed E-state index contributed by atoms with van der Waals surface area (Å²) in [4.78, 5) is 22.7. The summed E-state index contributed by atoms with van der Waals surface area (Å²) in [6.45, 7) is -0.865. The lowest BCUT2D eigenvalue weighted by Crippen LogP contribution is -2.32. The molecule has 4 nitrogen and oxygen atoms in total. The Morgan fingerprint density at radius 1 is 1.00 bits per heavy atom. The van der Waals surface area contributed by atoms with Crippen molar-refractivity contribution in [1.29, 1.82) is 0 Å². The summed E-state index contributed by atoms with van der Waals surface area (Å²) in [7, 11) is 0.948. The van der Waals surface area contributed by atoms with Crippen LogP contribution in [0.2, 0.25) is 0 Å². The Bertz CT molecular complexity index is 561. The molecule has 1 aromatic carbocycles. The van der Waals surface area contributed by atoms with Crippen LogP contribution in [0.15, 0.2) is 18.2 Å². The second kappa shape index (κ2) is 5.85. The number of likely N-dealkylation sites (N-methyl/N-ethyl adjacent to an activating group) is 1. The minimum absolute atomic E-state index is 0.117. The van der Waals surface area contributed by atoms with Crippen molar-refractivity contribution in [2.75, 3.05) is 13.6 Å². The van der Waals surface area contributed by atoms with Gasteiger partial charge in [0.1, 0.15) is 6.54 Å². The van der Waals surface area contributed by atoms with E-state index < -0.39 is 47.5 Å². The normalized spacial score (nSPS) is 12.1. The summed E-state index contributed by atoms with van der Waals surface area (Å²) in [6.07, 6.45) is -10.2. The van der Waals surface area contributed by atoms with Crippen molar-refractivity contribution >= 4 is 11.9 Å². The Hall–Kier alpha value is -2.26. The van der Waals surface area contributed by atoms with Gasteiger partial charge >= 0.3 is 18.3 Å². The molecule has 0 fully saturated rings. The quantitative estimate of drug-likeness (QED) is 0.868. The Morgan fingerprint density at radius 3 is 1.73 bits per heavy atom. The maximum atomic E-state index is 12.6. The third kappa shape index (κ3) is 4.37. The summed E-state index contributed by atoms with van der Waals surface area (Å²) in [5.41, 5.74) is -4.19. The van der Waals surface area contributed by atoms with Gasteiger partial charge in [0.25, 0.3) is 5.91 Å². The number of carbonyl (C=O) groups is 2. The SMILES string of the molecule is CN(CC(=O)O)C(=O)c1cc(C(F)(F)F)cc(C(F)(F)F)c1. The number of amides is 1. The number of aliphatic carboxylic acids is 1. The Morgan fingerprint density at radius 2 is 1.41 bits per heavy atom. The van der Waals surface area contributed by atoms with Crippen molar-refractivity contribution in [1.82, 2.24) is 4.90 Å². The van der Waals surface area contributed by atoms with Crippen LogP contribution < -0.4 is 0 Å². The third-order valence-corrected chi connectivity index (χ3v) is 2.55. The topological polar surface area (TPSA) is 57.6 Å². The van der Waals surface area contributed by atoms with Crippen molar-refractivity contribution in [2.45, 2.75) is 12.4 Å². The Kier molecular flexibility index (Phi) is 4.73. The molecule has 0 aliphatic heterocycles. The molecule has 0 saturated carbocycles. The van der Waals surface area contributed by atoms with Crippen LogP contribution in [-0.4, -0.2) is 35.5 Å². The van der Waals surface area contributed by atoms with Crippen molar-refractivity contribution in [2.24, 2.45) is 0 Å². The fourth-order valence-electron chi connectivity index (χ4n) is 1.57. The molecule has 1 N–H and O–H groups in total. The number of rotatable bonds is 3. The van der Waals surface area contributed by atoms with E-state index >= 15 is 0 Å². The van der Waals surface area contributed by atoms with Crippen molar-refractivity contribution in [3.63, 3.8) is 0 Å². The molecule has 1 rings (SSSR count). The van der Waals surface area contributed by atoms with Crippen LogP contribution in [-0.2, 0) is 17.1 Å². The minimum Gasteiger partial charge on any atom is -0.480 e. The highest BCUT2D eigenvalue weighted by molar-refractivity contribution is 5.96. The summed E-state index contributed by atoms with van der Waals surface area (Å²) < 4.78 is 75.7. The van der Waals surface area contributed by atoms with Crippen molar-refractivity contribution in [3.8, 4) is 0 Å². The number of alkyl halides is 6. The fraction of sp³-hybridized carbons (Fsp3) is 0.333. The molecule has 1 aromatic rings. The van der Waals surface area contributed by atoms with E-state index in [0.717, 1.165) is 7.05 Å². The molecule has 122 valence electrons. The molecule has 0 atom stereocenters. The summed E-state index contributed by atoms with van der Waals surface area (Å²) in [6, 6.07) is 0.375. The van der Waals surface area contributed by atoms with Crippen LogP contribution in [0.4, 0.5) is 26.3 Å². The van der Waals surface area contributed by atoms with E-state index in [-0.39, 0.29) is 18.2 Å². The lowest BCUT2D eigenvalue weighted by Gasteiger charge is -2.18. The Balaban J connectivity index is 3.35. The maximum absolute atomic E-state index is 12.6. The fourth-order valence-corrected chi connectivity index (χ4v) is 1.57. The molecule has 0 aromatic heterocycles. The average Bonchev–Trinajstić information content (AvgIpc) is 2.34. The van der Waals surface area contributed by atoms with Gasteiger partial charge in [-0.25, -0.2) is 0 Å². The molecule has 0 saturated heterocycles. The maximum Gasteiger partial charge on any atom is 0.416 e. The summed E-state index contributed by atoms with van der Waals surface area (Å²) >= 11 is 0. The van der Waals surface area contributed by atoms with Crippen LogP contribution in [0, 0.1) is 0 Å². The van der Waals surface area contributed by atoms with Crippen molar-refractivity contribution < 1.29 is 41.0 Å². The van der Waals surface area contributed by atoms with Crippen molar-refractivity contribution in [3.05, 3.63) is 34.9 Å². The van der Waals surface area contributed by atoms with E-state index in [9.17, 15) is 35.9 Å². The van der Waals surface area contributed by atoms with E-state index in [1.54, 1.807) is 0 Å². The molecule has 0 radical (unpaired) electrons. The van der Waals surface area contributed by atoms with Gasteiger partial charge in [0.05, 0.1) is 11.1 Å². The van der Waals surface area contributed by atoms with Gasteiger partial charge in [0.2, 0.25) is 0 Å². The second-order valence-corrected chi connectivity index (χ2v) is 4.35. The lowest BCUT2D eigenvalue weighted by molar-refractivity contribution is -0.143. The molecule has 22 heavy (non-hydrogen) atoms. The van der Waals surface area contributed by atoms with E-state index in [1.165, 1.54) is 0 Å². The van der Waals surface area contributed by atoms with Gasteiger partial charge in [-0.3, -0.25) is 9.59 Å². The van der Waals surface area contributed by atoms with Gasteiger partial charge in [0.15, 0.2) is 0 Å². The molecule has 0 bridgehead atoms. The lowest BCUT2D eigenvalue weighted by atomic mass is 10.0. The third-order valence-electron chi connectivity index (χ3n) is 2.55. The number of carboxylic acids is 1. The van der Waals surface area contributed by atoms with E-state index in [2.05, 4.69) is 0 Å². The van der Waals surface area contributed by atoms with E-state index in [0.29, 0.717) is 4.90 Å². The molecule has 1 amide bonds. The largest absolute Gasteiger partial charge is 0.480 e. The first-order valence-electron chi connectivity index (χ1n) is 5.59. The highest BCUT2D eigenvalue weighted by atomic mass is 19.4. The molecular formula is C12H9F6NO3. The van der Waals surface area contributed by atoms with Gasteiger partial charge in [-0.05, 0) is 18.2 Å². The van der Waals surface area contributed by atoms with Gasteiger partial charge in [-0.2, -0.15) is 26.3 Å². The van der Waals surface area contributed by atoms with Crippen LogP contribution >= 0.6 is 0 Å². The predicted molar refractivity (Wildman–Crippen MR) is 61.0 cm³/mol. The number of hydrogen-bond donors (Lipinski definition) is 1. The van der Waals surface area contributed by atoms with Gasteiger partial charge in [-0.1, -0.05) is 0 Å². The zero-order valence-electron chi connectivity index (χ0n) is 10.9. The molecule has 0 heterocycles. The van der Waals surface area contributed by atoms with Crippen LogP contribution in [0.25, 0.3) is 0 Å². The summed E-state index contributed by atoms with van der Waals surface area (Å²) in [5.74, 6) is -2.72. The molecule has 0 spiro atoms. The van der Waals surface area contributed by atoms with Gasteiger partial charge < -0.3 is 10.0 Å². The Labute approximate surface area is 119 Å². The number of carbonyl (C=O) groups excluding carboxylic acids is 1. The van der Waals surface area contributed by atoms with Gasteiger partial charge in [-0.15, -0.1) is 0 Å². The predicted octanol–water partition coefficient (Wildman–Crippen LogP) is 2.88. The first-order valence-corrected chi connectivity index (χ1v) is 5.59. The molecule has 0 unspecified atom stereocenters. The molecule has 0 aliphatic rings. The van der Waals surface area contributed by atoms with Gasteiger partial charge in [0, 0.05) is 12.6 Å². The highest BCUT2D eigenvalue weighted by Crippen LogP contribution is 2.36. The number of halogens is 6. The second-order valence-electron chi connectivity index (χ2n) is 4.35. The number of benzene rings is 1. The zero-order chi connectivity index (χ0) is 17.3. The first kappa shape index (κ1) is 17.8. The van der Waals surface area contributed by atoms with E-state index in [4.69, 9.17) is 5.11 Å². The number of carboxylic acid groups (broad SMARTS) is 1. The standard InChI is InChI=1S/C12H9F6NO3/c1-19(5-9(20)21)10(22)6-2-7(11(13,14)15)4-8(3-6)12(16,17)18/h2-4H,5H2,1H3,(H,20,21). The minimum atomic E-state index is -5.08. The van der Waals surface area contributed by atoms with Crippen LogP contribution in [0.5, 0.6) is 0 Å². The monoisotopic (exact) mass is 329 g/mol. The van der Waals surface area contributed by atoms with Crippen LogP contribution in [0.1, 0.15) is 21.5 Å². The highest BCUT2D eigenvalue weighted by Gasteiger charge is 2.37. The smallest absolute Gasteiger partial charge is 0.416 e. The summed E-state index contributed by atoms with van der Waals surface area (Å²) in [5, 5.41) is 8.49.